The first-order chi connectivity index (χ1) is 11.5. The Morgan fingerprint density at radius 2 is 1.92 bits per heavy atom. The summed E-state index contributed by atoms with van der Waals surface area (Å²) in [6, 6.07) is 13.6. The van der Waals surface area contributed by atoms with Gasteiger partial charge in [-0.15, -0.1) is 0 Å². The highest BCUT2D eigenvalue weighted by molar-refractivity contribution is 7.92. The van der Waals surface area contributed by atoms with E-state index in [1.807, 2.05) is 25.1 Å². The lowest BCUT2D eigenvalue weighted by atomic mass is 10.2. The molecule has 1 heterocycles. The second-order valence-electron chi connectivity index (χ2n) is 5.34. The Morgan fingerprint density at radius 1 is 1.17 bits per heavy atom. The summed E-state index contributed by atoms with van der Waals surface area (Å²) in [5.74, 6) is 0.574. The maximum absolute atomic E-state index is 12.4. The van der Waals surface area contributed by atoms with Gasteiger partial charge < -0.3 is 4.90 Å². The quantitative estimate of drug-likeness (QED) is 0.559. The van der Waals surface area contributed by atoms with Crippen molar-refractivity contribution in [3.8, 4) is 0 Å². The second kappa shape index (κ2) is 6.58. The van der Waals surface area contributed by atoms with E-state index in [9.17, 15) is 8.42 Å². The number of nitrogens with zero attached hydrogens (tertiary/aromatic N) is 3. The Balaban J connectivity index is 1.95. The number of sulfonamides is 1. The van der Waals surface area contributed by atoms with Gasteiger partial charge in [-0.25, -0.2) is 13.4 Å². The summed E-state index contributed by atoms with van der Waals surface area (Å²) in [4.78, 5) is 6.35. The zero-order chi connectivity index (χ0) is 17.2. The summed E-state index contributed by atoms with van der Waals surface area (Å²) < 4.78 is 32.7. The highest BCUT2D eigenvalue weighted by Crippen LogP contribution is 2.31. The zero-order valence-corrected chi connectivity index (χ0v) is 14.8. The maximum Gasteiger partial charge on any atom is 0.261 e. The molecule has 1 N–H and O–H groups in total. The molecule has 0 saturated heterocycles. The van der Waals surface area contributed by atoms with Gasteiger partial charge in [0.25, 0.3) is 10.0 Å². The van der Waals surface area contributed by atoms with Crippen molar-refractivity contribution in [3.63, 3.8) is 0 Å². The summed E-state index contributed by atoms with van der Waals surface area (Å²) >= 11 is 1.33. The van der Waals surface area contributed by atoms with Crippen molar-refractivity contribution in [2.75, 3.05) is 18.8 Å². The third-order valence-electron chi connectivity index (χ3n) is 3.17. The molecule has 3 aromatic rings. The van der Waals surface area contributed by atoms with Crippen LogP contribution in [0.15, 0.2) is 58.4 Å². The fourth-order valence-corrected chi connectivity index (χ4v) is 3.84. The molecule has 0 amide bonds. The van der Waals surface area contributed by atoms with Crippen LogP contribution in [0.3, 0.4) is 0 Å². The van der Waals surface area contributed by atoms with Gasteiger partial charge in [-0.2, -0.15) is 4.37 Å². The van der Waals surface area contributed by atoms with E-state index < -0.39 is 10.0 Å². The van der Waals surface area contributed by atoms with Crippen LogP contribution < -0.4 is 4.72 Å². The summed E-state index contributed by atoms with van der Waals surface area (Å²) in [7, 11) is 0.128. The topological polar surface area (TPSA) is 74.7 Å². The first-order valence-corrected chi connectivity index (χ1v) is 9.39. The molecule has 124 valence electrons. The lowest BCUT2D eigenvalue weighted by Crippen LogP contribution is -2.12. The van der Waals surface area contributed by atoms with Crippen LogP contribution >= 0.6 is 11.5 Å². The Hall–Kier alpha value is -2.45. The minimum absolute atomic E-state index is 0.222. The maximum atomic E-state index is 12.4. The van der Waals surface area contributed by atoms with Crippen molar-refractivity contribution in [3.05, 3.63) is 48.5 Å². The standard InChI is InChI=1S/C16H16N4O2S2/c1-20(2)11-17-16-14-10-12(8-9-15(14)23-18-16)19-24(21,22)13-6-4-3-5-7-13/h3-11,19H,1-2H3/b17-11+. The van der Waals surface area contributed by atoms with E-state index in [0.717, 1.165) is 10.1 Å². The fourth-order valence-electron chi connectivity index (χ4n) is 2.07. The zero-order valence-electron chi connectivity index (χ0n) is 13.2. The number of rotatable bonds is 5. The first-order valence-electron chi connectivity index (χ1n) is 7.14. The smallest absolute Gasteiger partial charge is 0.261 e. The number of fused-ring (bicyclic) bond motifs is 1. The predicted molar refractivity (Wildman–Crippen MR) is 98.7 cm³/mol. The molecule has 0 saturated carbocycles. The van der Waals surface area contributed by atoms with Crippen LogP contribution in [0.4, 0.5) is 11.5 Å². The van der Waals surface area contributed by atoms with Gasteiger partial charge >= 0.3 is 0 Å². The van der Waals surface area contributed by atoms with Gasteiger partial charge in [0.1, 0.15) is 0 Å². The van der Waals surface area contributed by atoms with Gasteiger partial charge in [0.05, 0.1) is 15.9 Å². The number of aliphatic imine (C=N–C) groups is 1. The largest absolute Gasteiger partial charge is 0.369 e. The molecule has 1 aromatic heterocycles. The molecule has 24 heavy (non-hydrogen) atoms. The molecule has 0 spiro atoms. The molecule has 0 aliphatic heterocycles. The lowest BCUT2D eigenvalue weighted by molar-refractivity contribution is 0.601. The molecule has 0 bridgehead atoms. The predicted octanol–water partition coefficient (Wildman–Crippen LogP) is 3.32. The van der Waals surface area contributed by atoms with Crippen LogP contribution in [-0.4, -0.2) is 38.1 Å². The number of benzene rings is 2. The third kappa shape index (κ3) is 3.55. The van der Waals surface area contributed by atoms with Gasteiger partial charge in [0.2, 0.25) is 0 Å². The van der Waals surface area contributed by atoms with Crippen LogP contribution in [-0.2, 0) is 10.0 Å². The molecule has 0 aliphatic carbocycles. The Morgan fingerprint density at radius 3 is 2.62 bits per heavy atom. The van der Waals surface area contributed by atoms with E-state index in [4.69, 9.17) is 0 Å². The van der Waals surface area contributed by atoms with E-state index in [-0.39, 0.29) is 4.90 Å². The highest BCUT2D eigenvalue weighted by atomic mass is 32.2. The molecular formula is C16H16N4O2S2. The van der Waals surface area contributed by atoms with Crippen molar-refractivity contribution in [1.82, 2.24) is 9.27 Å². The molecule has 8 heteroatoms. The lowest BCUT2D eigenvalue weighted by Gasteiger charge is -2.08. The van der Waals surface area contributed by atoms with Crippen molar-refractivity contribution in [2.24, 2.45) is 4.99 Å². The minimum atomic E-state index is -3.62. The number of hydrogen-bond donors (Lipinski definition) is 1. The van der Waals surface area contributed by atoms with E-state index in [1.165, 1.54) is 11.5 Å². The van der Waals surface area contributed by atoms with Crippen LogP contribution in [0, 0.1) is 0 Å². The second-order valence-corrected chi connectivity index (χ2v) is 7.83. The van der Waals surface area contributed by atoms with E-state index in [0.29, 0.717) is 11.5 Å². The number of hydrogen-bond acceptors (Lipinski definition) is 5. The molecule has 2 aromatic carbocycles. The van der Waals surface area contributed by atoms with E-state index in [2.05, 4.69) is 14.1 Å². The van der Waals surface area contributed by atoms with Crippen LogP contribution in [0.25, 0.3) is 10.1 Å². The first kappa shape index (κ1) is 16.4. The molecule has 3 rings (SSSR count). The monoisotopic (exact) mass is 360 g/mol. The van der Waals surface area contributed by atoms with Crippen LogP contribution in [0.5, 0.6) is 0 Å². The van der Waals surface area contributed by atoms with Gasteiger partial charge in [-0.3, -0.25) is 4.72 Å². The van der Waals surface area contributed by atoms with Crippen molar-refractivity contribution < 1.29 is 8.42 Å². The SMILES string of the molecule is CN(C)/C=N/c1nsc2ccc(NS(=O)(=O)c3ccccc3)cc12. The van der Waals surface area contributed by atoms with E-state index in [1.54, 1.807) is 48.8 Å². The Kier molecular flexibility index (Phi) is 4.50. The summed E-state index contributed by atoms with van der Waals surface area (Å²) in [5, 5.41) is 0.811. The van der Waals surface area contributed by atoms with Crippen LogP contribution in [0.2, 0.25) is 0 Å². The van der Waals surface area contributed by atoms with Crippen molar-refractivity contribution in [1.29, 1.82) is 0 Å². The summed E-state index contributed by atoms with van der Waals surface area (Å²) in [6.07, 6.45) is 1.66. The number of aromatic nitrogens is 1. The minimum Gasteiger partial charge on any atom is -0.369 e. The van der Waals surface area contributed by atoms with Gasteiger partial charge in [0.15, 0.2) is 5.82 Å². The molecule has 0 atom stereocenters. The average molecular weight is 360 g/mol. The summed E-state index contributed by atoms with van der Waals surface area (Å²) in [5.41, 5.74) is 0.479. The Bertz CT molecular complexity index is 980. The van der Waals surface area contributed by atoms with Gasteiger partial charge in [-0.05, 0) is 41.9 Å². The molecule has 0 aliphatic rings. The molecule has 0 radical (unpaired) electrons. The van der Waals surface area contributed by atoms with Crippen LogP contribution in [0.1, 0.15) is 0 Å². The normalized spacial score (nSPS) is 11.9. The molecule has 0 fully saturated rings. The Labute approximate surface area is 144 Å². The summed E-state index contributed by atoms with van der Waals surface area (Å²) in [6.45, 7) is 0. The van der Waals surface area contributed by atoms with E-state index >= 15 is 0 Å². The number of nitrogens with one attached hydrogen (secondary N) is 1. The van der Waals surface area contributed by atoms with Gasteiger partial charge in [0, 0.05) is 25.2 Å². The third-order valence-corrected chi connectivity index (χ3v) is 5.38. The highest BCUT2D eigenvalue weighted by Gasteiger charge is 2.14. The van der Waals surface area contributed by atoms with Crippen molar-refractivity contribution in [2.45, 2.75) is 4.90 Å². The van der Waals surface area contributed by atoms with Gasteiger partial charge in [-0.1, -0.05) is 18.2 Å². The number of anilines is 1. The fraction of sp³-hybridized carbons (Fsp3) is 0.125. The molecule has 6 nitrogen and oxygen atoms in total. The average Bonchev–Trinajstić information content (AvgIpc) is 2.96. The molecule has 0 unspecified atom stereocenters. The van der Waals surface area contributed by atoms with Crippen molar-refractivity contribution >= 4 is 49.5 Å². The molecular weight excluding hydrogens is 344 g/mol.